The van der Waals surface area contributed by atoms with E-state index >= 15 is 0 Å². The summed E-state index contributed by atoms with van der Waals surface area (Å²) in [4.78, 5) is 26.5. The highest BCUT2D eigenvalue weighted by Crippen LogP contribution is 2.38. The van der Waals surface area contributed by atoms with Crippen LogP contribution in [0.3, 0.4) is 0 Å². The smallest absolute Gasteiger partial charge is 0.269 e. The number of nitrogens with zero attached hydrogens (tertiary/aromatic N) is 1. The minimum absolute atomic E-state index is 0.250. The minimum Gasteiger partial charge on any atom is -0.493 e. The maximum absolute atomic E-state index is 12.3. The van der Waals surface area contributed by atoms with E-state index in [9.17, 15) is 9.59 Å². The average molecular weight is 365 g/mol. The molecular formula is C18H27N3O5. The van der Waals surface area contributed by atoms with Gasteiger partial charge in [0.15, 0.2) is 11.5 Å². The maximum Gasteiger partial charge on any atom is 0.269 e. The Kier molecular flexibility index (Phi) is 7.08. The second-order valence-corrected chi connectivity index (χ2v) is 6.40. The lowest BCUT2D eigenvalue weighted by atomic mass is 10.0. The molecule has 1 aliphatic heterocycles. The Morgan fingerprint density at radius 3 is 2.31 bits per heavy atom. The number of carbonyl (C=O) groups excluding carboxylic acids is 2. The molecule has 2 amide bonds. The van der Waals surface area contributed by atoms with Gasteiger partial charge in [-0.3, -0.25) is 25.3 Å². The van der Waals surface area contributed by atoms with E-state index in [1.165, 1.54) is 39.9 Å². The van der Waals surface area contributed by atoms with Gasteiger partial charge in [0, 0.05) is 12.1 Å². The molecule has 1 aromatic rings. The van der Waals surface area contributed by atoms with Crippen molar-refractivity contribution in [2.45, 2.75) is 19.8 Å². The molecule has 0 aromatic heterocycles. The highest BCUT2D eigenvalue weighted by molar-refractivity contribution is 5.96. The number of hydrogen-bond donors (Lipinski definition) is 2. The quantitative estimate of drug-likeness (QED) is 0.737. The molecule has 0 radical (unpaired) electrons. The van der Waals surface area contributed by atoms with Crippen molar-refractivity contribution in [3.63, 3.8) is 0 Å². The highest BCUT2D eigenvalue weighted by atomic mass is 16.5. The van der Waals surface area contributed by atoms with Crippen molar-refractivity contribution in [1.82, 2.24) is 15.8 Å². The zero-order valence-electron chi connectivity index (χ0n) is 15.8. The maximum atomic E-state index is 12.3. The Morgan fingerprint density at radius 2 is 1.77 bits per heavy atom. The van der Waals surface area contributed by atoms with Crippen LogP contribution in [0.2, 0.25) is 0 Å². The summed E-state index contributed by atoms with van der Waals surface area (Å²) >= 11 is 0. The molecule has 1 heterocycles. The van der Waals surface area contributed by atoms with E-state index < -0.39 is 5.91 Å². The molecule has 1 aliphatic rings. The fourth-order valence-corrected chi connectivity index (χ4v) is 3.08. The number of rotatable bonds is 6. The summed E-state index contributed by atoms with van der Waals surface area (Å²) in [6.07, 6.45) is 2.28. The number of methoxy groups -OCH3 is 3. The third-order valence-corrected chi connectivity index (χ3v) is 4.35. The molecule has 0 spiro atoms. The number of hydrazine groups is 1. The minimum atomic E-state index is -0.468. The van der Waals surface area contributed by atoms with E-state index in [2.05, 4.69) is 22.7 Å². The first-order valence-corrected chi connectivity index (χ1v) is 8.60. The van der Waals surface area contributed by atoms with Gasteiger partial charge in [-0.05, 0) is 37.4 Å². The summed E-state index contributed by atoms with van der Waals surface area (Å²) in [5.74, 6) is 1.00. The van der Waals surface area contributed by atoms with Gasteiger partial charge in [-0.2, -0.15) is 0 Å². The van der Waals surface area contributed by atoms with Crippen LogP contribution in [0.4, 0.5) is 0 Å². The SMILES string of the molecule is COc1cc(C(=O)NNC(=O)CN2CCC[C@@H](C)C2)cc(OC)c1OC. The van der Waals surface area contributed by atoms with Crippen molar-refractivity contribution >= 4 is 11.8 Å². The molecule has 144 valence electrons. The van der Waals surface area contributed by atoms with Gasteiger partial charge in [0.05, 0.1) is 27.9 Å². The van der Waals surface area contributed by atoms with E-state index in [0.29, 0.717) is 23.2 Å². The van der Waals surface area contributed by atoms with Gasteiger partial charge < -0.3 is 14.2 Å². The van der Waals surface area contributed by atoms with Crippen LogP contribution in [0.1, 0.15) is 30.1 Å². The molecule has 8 nitrogen and oxygen atoms in total. The number of ether oxygens (including phenoxy) is 3. The molecule has 1 atom stereocenters. The first kappa shape index (κ1) is 19.8. The van der Waals surface area contributed by atoms with E-state index in [0.717, 1.165) is 19.5 Å². The van der Waals surface area contributed by atoms with Gasteiger partial charge in [0.1, 0.15) is 0 Å². The zero-order valence-corrected chi connectivity index (χ0v) is 15.8. The number of hydrogen-bond acceptors (Lipinski definition) is 6. The molecule has 2 rings (SSSR count). The molecule has 0 bridgehead atoms. The van der Waals surface area contributed by atoms with Crippen molar-refractivity contribution in [3.05, 3.63) is 17.7 Å². The molecule has 8 heteroatoms. The molecule has 0 unspecified atom stereocenters. The van der Waals surface area contributed by atoms with Crippen molar-refractivity contribution in [2.24, 2.45) is 5.92 Å². The van der Waals surface area contributed by atoms with Crippen LogP contribution in [0, 0.1) is 5.92 Å². The molecule has 0 aliphatic carbocycles. The zero-order chi connectivity index (χ0) is 19.1. The molecule has 0 saturated carbocycles. The largest absolute Gasteiger partial charge is 0.493 e. The fourth-order valence-electron chi connectivity index (χ4n) is 3.08. The van der Waals surface area contributed by atoms with Crippen molar-refractivity contribution in [2.75, 3.05) is 41.0 Å². The molecule has 1 saturated heterocycles. The summed E-state index contributed by atoms with van der Waals surface area (Å²) in [5.41, 5.74) is 5.16. The van der Waals surface area contributed by atoms with Gasteiger partial charge in [-0.1, -0.05) is 6.92 Å². The summed E-state index contributed by atoms with van der Waals surface area (Å²) in [6.45, 7) is 4.24. The normalized spacial score (nSPS) is 17.3. The van der Waals surface area contributed by atoms with Crippen LogP contribution in [-0.4, -0.2) is 57.7 Å². The van der Waals surface area contributed by atoms with E-state index in [1.54, 1.807) is 0 Å². The lowest BCUT2D eigenvalue weighted by Crippen LogP contribution is -2.48. The molecule has 26 heavy (non-hydrogen) atoms. The highest BCUT2D eigenvalue weighted by Gasteiger charge is 2.20. The number of piperidine rings is 1. The van der Waals surface area contributed by atoms with Gasteiger partial charge >= 0.3 is 0 Å². The molecule has 2 N–H and O–H groups in total. The second-order valence-electron chi connectivity index (χ2n) is 6.40. The first-order chi connectivity index (χ1) is 12.5. The van der Waals surface area contributed by atoms with Crippen molar-refractivity contribution in [3.8, 4) is 17.2 Å². The van der Waals surface area contributed by atoms with E-state index in [4.69, 9.17) is 14.2 Å². The summed E-state index contributed by atoms with van der Waals surface area (Å²) < 4.78 is 15.7. The third kappa shape index (κ3) is 5.01. The van der Waals surface area contributed by atoms with Crippen LogP contribution in [0.5, 0.6) is 17.2 Å². The van der Waals surface area contributed by atoms with Crippen LogP contribution >= 0.6 is 0 Å². The number of likely N-dealkylation sites (tertiary alicyclic amines) is 1. The van der Waals surface area contributed by atoms with Gasteiger partial charge in [-0.25, -0.2) is 0 Å². The number of benzene rings is 1. The Balaban J connectivity index is 1.95. The van der Waals surface area contributed by atoms with Gasteiger partial charge in [0.2, 0.25) is 5.75 Å². The van der Waals surface area contributed by atoms with Crippen molar-refractivity contribution in [1.29, 1.82) is 0 Å². The van der Waals surface area contributed by atoms with E-state index in [-0.39, 0.29) is 18.0 Å². The molecular weight excluding hydrogens is 338 g/mol. The lowest BCUT2D eigenvalue weighted by molar-refractivity contribution is -0.123. The summed E-state index contributed by atoms with van der Waals surface area (Å²) in [5, 5.41) is 0. The Hall–Kier alpha value is -2.48. The van der Waals surface area contributed by atoms with Crippen LogP contribution < -0.4 is 25.1 Å². The van der Waals surface area contributed by atoms with Gasteiger partial charge in [0.25, 0.3) is 11.8 Å². The fraction of sp³-hybridized carbons (Fsp3) is 0.556. The summed E-state index contributed by atoms with van der Waals surface area (Å²) in [6, 6.07) is 3.05. The van der Waals surface area contributed by atoms with Gasteiger partial charge in [-0.15, -0.1) is 0 Å². The predicted molar refractivity (Wildman–Crippen MR) is 96.5 cm³/mol. The average Bonchev–Trinajstić information content (AvgIpc) is 2.64. The van der Waals surface area contributed by atoms with E-state index in [1.807, 2.05) is 0 Å². The summed E-state index contributed by atoms with van der Waals surface area (Å²) in [7, 11) is 4.43. The second kappa shape index (κ2) is 9.28. The lowest BCUT2D eigenvalue weighted by Gasteiger charge is -2.30. The number of amides is 2. The number of nitrogens with one attached hydrogen (secondary N) is 2. The molecule has 1 aromatic carbocycles. The third-order valence-electron chi connectivity index (χ3n) is 4.35. The van der Waals surface area contributed by atoms with Crippen LogP contribution in [0.15, 0.2) is 12.1 Å². The topological polar surface area (TPSA) is 89.1 Å². The standard InChI is InChI=1S/C18H27N3O5/c1-12-6-5-7-21(10-12)11-16(22)19-20-18(23)13-8-14(24-2)17(26-4)15(9-13)25-3/h8-9,12H,5-7,10-11H2,1-4H3,(H,19,22)(H,20,23)/t12-/m1/s1. The predicted octanol–water partition coefficient (Wildman–Crippen LogP) is 1.21. The first-order valence-electron chi connectivity index (χ1n) is 8.60. The van der Waals surface area contributed by atoms with Crippen LogP contribution in [0.25, 0.3) is 0 Å². The Labute approximate surface area is 153 Å². The van der Waals surface area contributed by atoms with Crippen molar-refractivity contribution < 1.29 is 23.8 Å². The number of carbonyl (C=O) groups is 2. The van der Waals surface area contributed by atoms with Crippen LogP contribution in [-0.2, 0) is 4.79 Å². The Morgan fingerprint density at radius 1 is 1.12 bits per heavy atom. The molecule has 1 fully saturated rings. The Bertz CT molecular complexity index is 625. The monoisotopic (exact) mass is 365 g/mol.